The van der Waals surface area contributed by atoms with Gasteiger partial charge in [0.25, 0.3) is 0 Å². The van der Waals surface area contributed by atoms with Crippen molar-refractivity contribution in [3.63, 3.8) is 0 Å². The third kappa shape index (κ3) is 6.16. The van der Waals surface area contributed by atoms with Crippen molar-refractivity contribution in [1.29, 1.82) is 0 Å². The molecule has 0 saturated carbocycles. The van der Waals surface area contributed by atoms with Crippen LogP contribution < -0.4 is 15.9 Å². The molecule has 0 saturated heterocycles. The molecule has 3 rings (SSSR count). The van der Waals surface area contributed by atoms with Crippen LogP contribution in [0, 0.1) is 13.8 Å². The average Bonchev–Trinajstić information content (AvgIpc) is 2.80. The molecule has 2 unspecified atom stereocenters. The van der Waals surface area contributed by atoms with Crippen molar-refractivity contribution in [2.45, 2.75) is 91.9 Å². The largest absolute Gasteiger partial charge is 0.0654 e. The quantitative estimate of drug-likeness (QED) is 0.267. The lowest BCUT2D eigenvalue weighted by atomic mass is 9.80. The van der Waals surface area contributed by atoms with Gasteiger partial charge in [0.05, 0.1) is 0 Å². The van der Waals surface area contributed by atoms with Gasteiger partial charge in [-0.25, -0.2) is 0 Å². The second-order valence-corrected chi connectivity index (χ2v) is 12.5. The van der Waals surface area contributed by atoms with E-state index in [0.29, 0.717) is 5.92 Å². The van der Waals surface area contributed by atoms with Gasteiger partial charge in [-0.15, -0.1) is 0 Å². The van der Waals surface area contributed by atoms with Crippen molar-refractivity contribution in [2.24, 2.45) is 0 Å². The van der Waals surface area contributed by atoms with Gasteiger partial charge in [0.2, 0.25) is 0 Å². The van der Waals surface area contributed by atoms with Gasteiger partial charge < -0.3 is 0 Å². The van der Waals surface area contributed by atoms with Crippen LogP contribution >= 0.6 is 7.92 Å². The summed E-state index contributed by atoms with van der Waals surface area (Å²) in [5, 5.41) is 4.42. The minimum Gasteiger partial charge on any atom is -0.0654 e. The molecule has 0 aliphatic heterocycles. The summed E-state index contributed by atoms with van der Waals surface area (Å²) in [6.07, 6.45) is 6.28. The molecule has 176 valence electrons. The molecular weight excluding hydrogens is 415 g/mol. The Kier molecular flexibility index (Phi) is 8.95. The second kappa shape index (κ2) is 11.5. The van der Waals surface area contributed by atoms with E-state index in [0.717, 1.165) is 0 Å². The van der Waals surface area contributed by atoms with Crippen LogP contribution in [0.1, 0.15) is 94.9 Å². The molecule has 0 spiro atoms. The summed E-state index contributed by atoms with van der Waals surface area (Å²) in [4.78, 5) is 0. The molecule has 3 aromatic carbocycles. The van der Waals surface area contributed by atoms with Crippen molar-refractivity contribution in [3.05, 3.63) is 89.0 Å². The van der Waals surface area contributed by atoms with Gasteiger partial charge in [-0.1, -0.05) is 121 Å². The molecule has 0 aromatic heterocycles. The Labute approximate surface area is 204 Å². The lowest BCUT2D eigenvalue weighted by molar-refractivity contribution is 0.473. The van der Waals surface area contributed by atoms with Crippen LogP contribution in [-0.4, -0.2) is 0 Å². The zero-order valence-electron chi connectivity index (χ0n) is 21.9. The Morgan fingerprint density at radius 1 is 0.788 bits per heavy atom. The fourth-order valence-corrected chi connectivity index (χ4v) is 7.56. The normalized spacial score (nSPS) is 13.7. The van der Waals surface area contributed by atoms with E-state index in [-0.39, 0.29) is 5.41 Å². The van der Waals surface area contributed by atoms with Crippen molar-refractivity contribution < 1.29 is 0 Å². The highest BCUT2D eigenvalue weighted by atomic mass is 31.1. The molecule has 1 heteroatoms. The molecule has 0 amide bonds. The maximum Gasteiger partial charge on any atom is -0.0104 e. The maximum absolute atomic E-state index is 2.46. The Hall–Kier alpha value is -1.91. The third-order valence-electron chi connectivity index (χ3n) is 7.13. The highest BCUT2D eigenvalue weighted by Gasteiger charge is 2.24. The molecular formula is C32H43P. The maximum atomic E-state index is 2.46. The van der Waals surface area contributed by atoms with Crippen LogP contribution in [-0.2, 0) is 5.41 Å². The smallest absolute Gasteiger partial charge is 0.0104 e. The SMILES string of the molecule is CCCCC(C)c1ccc(P(c2ccccc2)c2ccc(C(C)(C)CCC)cc2C)c(C)c1. The Balaban J connectivity index is 2.06. The number of unbranched alkanes of at least 4 members (excludes halogenated alkanes) is 1. The van der Waals surface area contributed by atoms with Crippen molar-refractivity contribution in [3.8, 4) is 0 Å². The lowest BCUT2D eigenvalue weighted by Crippen LogP contribution is -2.25. The topological polar surface area (TPSA) is 0 Å². The summed E-state index contributed by atoms with van der Waals surface area (Å²) in [6.45, 7) is 16.3. The van der Waals surface area contributed by atoms with Crippen molar-refractivity contribution >= 4 is 23.8 Å². The molecule has 0 aliphatic carbocycles. The van der Waals surface area contributed by atoms with Crippen LogP contribution in [0.2, 0.25) is 0 Å². The van der Waals surface area contributed by atoms with Gasteiger partial charge in [0.1, 0.15) is 0 Å². The first-order valence-electron chi connectivity index (χ1n) is 12.8. The predicted octanol–water partition coefficient (Wildman–Crippen LogP) is 8.43. The lowest BCUT2D eigenvalue weighted by Gasteiger charge is -2.28. The van der Waals surface area contributed by atoms with E-state index < -0.39 is 7.92 Å². The first-order valence-corrected chi connectivity index (χ1v) is 14.2. The van der Waals surface area contributed by atoms with E-state index in [1.54, 1.807) is 0 Å². The first-order chi connectivity index (χ1) is 15.8. The summed E-state index contributed by atoms with van der Waals surface area (Å²) in [5.41, 5.74) is 6.03. The number of benzene rings is 3. The summed E-state index contributed by atoms with van der Waals surface area (Å²) in [7, 11) is -0.586. The molecule has 0 bridgehead atoms. The zero-order valence-corrected chi connectivity index (χ0v) is 22.8. The van der Waals surface area contributed by atoms with Crippen LogP contribution in [0.25, 0.3) is 0 Å². The third-order valence-corrected chi connectivity index (χ3v) is 9.91. The molecule has 2 atom stereocenters. The van der Waals surface area contributed by atoms with Gasteiger partial charge in [0, 0.05) is 0 Å². The number of hydrogen-bond acceptors (Lipinski definition) is 0. The predicted molar refractivity (Wildman–Crippen MR) is 150 cm³/mol. The molecule has 33 heavy (non-hydrogen) atoms. The number of hydrogen-bond donors (Lipinski definition) is 0. The minimum atomic E-state index is -0.586. The molecule has 0 nitrogen and oxygen atoms in total. The highest BCUT2D eigenvalue weighted by Crippen LogP contribution is 2.38. The monoisotopic (exact) mass is 458 g/mol. The molecule has 0 radical (unpaired) electrons. The zero-order chi connectivity index (χ0) is 24.0. The Morgan fingerprint density at radius 3 is 2.00 bits per heavy atom. The second-order valence-electron chi connectivity index (χ2n) is 10.4. The Morgan fingerprint density at radius 2 is 1.42 bits per heavy atom. The fraction of sp³-hybridized carbons (Fsp3) is 0.438. The van der Waals surface area contributed by atoms with E-state index in [1.807, 2.05) is 0 Å². The van der Waals surface area contributed by atoms with Gasteiger partial charge >= 0.3 is 0 Å². The average molecular weight is 459 g/mol. The van der Waals surface area contributed by atoms with Crippen LogP contribution in [0.4, 0.5) is 0 Å². The van der Waals surface area contributed by atoms with Crippen molar-refractivity contribution in [2.75, 3.05) is 0 Å². The van der Waals surface area contributed by atoms with Gasteiger partial charge in [0.15, 0.2) is 0 Å². The number of aryl methyl sites for hydroxylation is 2. The van der Waals surface area contributed by atoms with Gasteiger partial charge in [-0.2, -0.15) is 0 Å². The standard InChI is InChI=1S/C32H43P/c1-8-10-14-24(3)27-17-19-30(25(4)22-27)33(29-15-12-11-13-16-29)31-20-18-28(23-26(31)5)32(6,7)21-9-2/h11-13,15-20,22-24H,8-10,14,21H2,1-7H3. The first kappa shape index (κ1) is 25.7. The highest BCUT2D eigenvalue weighted by molar-refractivity contribution is 7.80. The summed E-state index contributed by atoms with van der Waals surface area (Å²) >= 11 is 0. The summed E-state index contributed by atoms with van der Waals surface area (Å²) in [5.74, 6) is 0.627. The molecule has 0 aliphatic rings. The van der Waals surface area contributed by atoms with E-state index in [1.165, 1.54) is 70.3 Å². The summed E-state index contributed by atoms with van der Waals surface area (Å²) in [6, 6.07) is 25.7. The molecule has 0 N–H and O–H groups in total. The molecule has 0 fully saturated rings. The van der Waals surface area contributed by atoms with E-state index in [4.69, 9.17) is 0 Å². The van der Waals surface area contributed by atoms with Crippen LogP contribution in [0.15, 0.2) is 66.7 Å². The fourth-order valence-electron chi connectivity index (χ4n) is 4.99. The van der Waals surface area contributed by atoms with Crippen molar-refractivity contribution in [1.82, 2.24) is 0 Å². The minimum absolute atomic E-state index is 0.222. The van der Waals surface area contributed by atoms with Gasteiger partial charge in [-0.05, 0) is 84.1 Å². The van der Waals surface area contributed by atoms with Crippen LogP contribution in [0.5, 0.6) is 0 Å². The van der Waals surface area contributed by atoms with Gasteiger partial charge in [-0.3, -0.25) is 0 Å². The Bertz CT molecular complexity index is 1030. The van der Waals surface area contributed by atoms with E-state index in [2.05, 4.69) is 115 Å². The molecule has 3 aromatic rings. The number of rotatable bonds is 10. The van der Waals surface area contributed by atoms with E-state index in [9.17, 15) is 0 Å². The molecule has 0 heterocycles. The van der Waals surface area contributed by atoms with E-state index >= 15 is 0 Å². The van der Waals surface area contributed by atoms with Crippen LogP contribution in [0.3, 0.4) is 0 Å². The summed E-state index contributed by atoms with van der Waals surface area (Å²) < 4.78 is 0.